The number of benzene rings is 1. The van der Waals surface area contributed by atoms with Gasteiger partial charge in [0.1, 0.15) is 5.54 Å². The van der Waals surface area contributed by atoms with E-state index in [0.29, 0.717) is 31.4 Å². The Hall–Kier alpha value is -1.92. The minimum atomic E-state index is -6.08. The third-order valence-electron chi connectivity index (χ3n) is 5.63. The molecule has 1 fully saturated rings. The fourth-order valence-corrected chi connectivity index (χ4v) is 3.89. The predicted molar refractivity (Wildman–Crippen MR) is 111 cm³/mol. The van der Waals surface area contributed by atoms with Crippen LogP contribution in [0.25, 0.3) is 0 Å². The molecule has 0 aromatic heterocycles. The lowest BCUT2D eigenvalue weighted by molar-refractivity contribution is -0.376. The highest BCUT2D eigenvalue weighted by molar-refractivity contribution is 6.37. The molecule has 1 aliphatic heterocycles. The number of alkyl halides is 6. The summed E-state index contributed by atoms with van der Waals surface area (Å²) in [4.78, 5) is 26.9. The van der Waals surface area contributed by atoms with E-state index in [1.165, 1.54) is 11.9 Å². The van der Waals surface area contributed by atoms with Crippen LogP contribution in [0.3, 0.4) is 0 Å². The summed E-state index contributed by atoms with van der Waals surface area (Å²) in [5, 5.41) is 8.19. The number of halogens is 8. The highest BCUT2D eigenvalue weighted by Gasteiger charge is 2.71. The Morgan fingerprint density at radius 3 is 1.88 bits per heavy atom. The molecule has 1 aromatic rings. The van der Waals surface area contributed by atoms with Gasteiger partial charge in [0.25, 0.3) is 11.5 Å². The minimum absolute atomic E-state index is 0.0467. The number of carbonyl (C=O) groups excluding carboxylic acids is 2. The van der Waals surface area contributed by atoms with Crippen LogP contribution in [0.1, 0.15) is 38.7 Å². The van der Waals surface area contributed by atoms with Crippen LogP contribution in [-0.2, 0) is 10.4 Å². The van der Waals surface area contributed by atoms with Crippen molar-refractivity contribution in [1.82, 2.24) is 9.80 Å². The van der Waals surface area contributed by atoms with E-state index >= 15 is 0 Å². The summed E-state index contributed by atoms with van der Waals surface area (Å²) in [5.74, 6) is -0.667. The lowest BCUT2D eigenvalue weighted by Crippen LogP contribution is -2.53. The molecule has 0 atom stereocenters. The topological polar surface area (TPSA) is 70.1 Å². The number of nitrogens with zero attached hydrogens (tertiary/aromatic N) is 2. The molecule has 192 valence electrons. The largest absolute Gasteiger partial charge is 0.490 e. The number of amides is 3. The molecular formula is C20H22Cl2F6N2O4. The molecule has 0 bridgehead atoms. The SMILES string of the molecule is CN1C(=O)N(CCCCCOc2c(Cl)cc(C(O)(C(F)(F)F)C(F)(F)F)cc2Cl)C(=O)C1(C)C. The number of imide groups is 1. The summed E-state index contributed by atoms with van der Waals surface area (Å²) in [6.45, 7) is 3.39. The Morgan fingerprint density at radius 2 is 1.47 bits per heavy atom. The number of hydrogen-bond donors (Lipinski definition) is 1. The van der Waals surface area contributed by atoms with Gasteiger partial charge in [0.05, 0.1) is 16.7 Å². The number of aliphatic hydroxyl groups is 1. The highest BCUT2D eigenvalue weighted by Crippen LogP contribution is 2.52. The molecule has 14 heteroatoms. The molecule has 3 amide bonds. The van der Waals surface area contributed by atoms with Gasteiger partial charge >= 0.3 is 18.4 Å². The number of ether oxygens (including phenoxy) is 1. The smallest absolute Gasteiger partial charge is 0.430 e. The van der Waals surface area contributed by atoms with Gasteiger partial charge in [0.2, 0.25) is 0 Å². The second-order valence-electron chi connectivity index (χ2n) is 8.24. The van der Waals surface area contributed by atoms with Crippen LogP contribution in [0.2, 0.25) is 10.0 Å². The fraction of sp³-hybridized carbons (Fsp3) is 0.600. The second kappa shape index (κ2) is 9.62. The number of carbonyl (C=O) groups is 2. The van der Waals surface area contributed by atoms with Crippen molar-refractivity contribution in [3.05, 3.63) is 27.7 Å². The summed E-state index contributed by atoms with van der Waals surface area (Å²) >= 11 is 11.6. The van der Waals surface area contributed by atoms with Crippen LogP contribution in [0.4, 0.5) is 31.1 Å². The standard InChI is InChI=1S/C20H22Cl2F6N2O4/c1-17(2)15(31)30(16(32)29(17)3)7-5-4-6-8-34-14-12(21)9-11(10-13(14)22)18(33,19(23,24)25)20(26,27)28/h9-10,33H,4-8H2,1-3H3. The molecule has 0 saturated carbocycles. The Bertz CT molecular complexity index is 915. The van der Waals surface area contributed by atoms with Crippen LogP contribution in [0.5, 0.6) is 5.75 Å². The summed E-state index contributed by atoms with van der Waals surface area (Å²) in [6, 6.07) is 0.182. The van der Waals surface area contributed by atoms with Crippen molar-refractivity contribution in [2.45, 2.75) is 56.6 Å². The molecule has 0 radical (unpaired) electrons. The Balaban J connectivity index is 1.98. The first-order valence-electron chi connectivity index (χ1n) is 9.95. The lowest BCUT2D eigenvalue weighted by atomic mass is 9.92. The molecular weight excluding hydrogens is 517 g/mol. The monoisotopic (exact) mass is 538 g/mol. The Labute approximate surface area is 201 Å². The van der Waals surface area contributed by atoms with E-state index in [2.05, 4.69) is 0 Å². The molecule has 0 unspecified atom stereocenters. The molecule has 1 heterocycles. The van der Waals surface area contributed by atoms with Crippen LogP contribution in [-0.4, -0.2) is 64.9 Å². The maximum Gasteiger partial charge on any atom is 0.430 e. The molecule has 34 heavy (non-hydrogen) atoms. The van der Waals surface area contributed by atoms with Crippen LogP contribution < -0.4 is 4.74 Å². The number of hydrogen-bond acceptors (Lipinski definition) is 4. The van der Waals surface area contributed by atoms with Gasteiger partial charge in [-0.2, -0.15) is 26.3 Å². The van der Waals surface area contributed by atoms with E-state index in [-0.39, 0.29) is 24.8 Å². The van der Waals surface area contributed by atoms with Crippen LogP contribution in [0.15, 0.2) is 12.1 Å². The van der Waals surface area contributed by atoms with Crippen molar-refractivity contribution >= 4 is 35.1 Å². The van der Waals surface area contributed by atoms with Gasteiger partial charge in [-0.15, -0.1) is 0 Å². The average molecular weight is 539 g/mol. The first-order chi connectivity index (χ1) is 15.4. The first kappa shape index (κ1) is 28.3. The summed E-state index contributed by atoms with van der Waals surface area (Å²) in [7, 11) is 1.52. The van der Waals surface area contributed by atoms with Crippen molar-refractivity contribution in [1.29, 1.82) is 0 Å². The highest BCUT2D eigenvalue weighted by atomic mass is 35.5. The maximum absolute atomic E-state index is 13.1. The van der Waals surface area contributed by atoms with Gasteiger partial charge in [0.15, 0.2) is 5.75 Å². The third-order valence-corrected chi connectivity index (χ3v) is 6.20. The number of unbranched alkanes of at least 4 members (excludes halogenated alkanes) is 2. The van der Waals surface area contributed by atoms with E-state index in [0.717, 1.165) is 4.90 Å². The Kier molecular flexibility index (Phi) is 8.01. The molecule has 2 rings (SSSR count). The first-order valence-corrected chi connectivity index (χ1v) is 10.7. The van der Waals surface area contributed by atoms with Crippen molar-refractivity contribution in [2.24, 2.45) is 0 Å². The average Bonchev–Trinajstić information content (AvgIpc) is 2.83. The fourth-order valence-electron chi connectivity index (χ4n) is 3.30. The van der Waals surface area contributed by atoms with E-state index < -0.39 is 45.1 Å². The molecule has 1 saturated heterocycles. The summed E-state index contributed by atoms with van der Waals surface area (Å²) in [5.41, 5.74) is -7.70. The maximum atomic E-state index is 13.1. The Morgan fingerprint density at radius 1 is 0.971 bits per heavy atom. The van der Waals surface area contributed by atoms with Gasteiger partial charge in [0, 0.05) is 19.2 Å². The molecule has 0 aliphatic carbocycles. The zero-order valence-corrected chi connectivity index (χ0v) is 19.8. The summed E-state index contributed by atoms with van der Waals surface area (Å²) < 4.78 is 83.7. The second-order valence-corrected chi connectivity index (χ2v) is 9.06. The van der Waals surface area contributed by atoms with Gasteiger partial charge in [-0.05, 0) is 45.2 Å². The van der Waals surface area contributed by atoms with Gasteiger partial charge in [-0.1, -0.05) is 23.2 Å². The van der Waals surface area contributed by atoms with Gasteiger partial charge < -0.3 is 14.7 Å². The summed E-state index contributed by atoms with van der Waals surface area (Å²) in [6.07, 6.45) is -10.9. The van der Waals surface area contributed by atoms with Crippen molar-refractivity contribution in [3.63, 3.8) is 0 Å². The third kappa shape index (κ3) is 5.03. The lowest BCUT2D eigenvalue weighted by Gasteiger charge is -2.33. The number of likely N-dealkylation sites (N-methyl/N-ethyl adjacent to an activating group) is 1. The molecule has 0 spiro atoms. The number of urea groups is 1. The normalized spacial score (nSPS) is 17.1. The van der Waals surface area contributed by atoms with Crippen molar-refractivity contribution in [3.8, 4) is 5.75 Å². The molecule has 1 aromatic carbocycles. The van der Waals surface area contributed by atoms with Gasteiger partial charge in [-0.25, -0.2) is 4.79 Å². The van der Waals surface area contributed by atoms with E-state index in [1.54, 1.807) is 13.8 Å². The van der Waals surface area contributed by atoms with Crippen molar-refractivity contribution in [2.75, 3.05) is 20.2 Å². The van der Waals surface area contributed by atoms with Gasteiger partial charge in [-0.3, -0.25) is 9.69 Å². The zero-order valence-electron chi connectivity index (χ0n) is 18.3. The molecule has 1 N–H and O–H groups in total. The van der Waals surface area contributed by atoms with E-state index in [9.17, 15) is 41.0 Å². The number of rotatable bonds is 8. The van der Waals surface area contributed by atoms with Crippen molar-refractivity contribution < 1.29 is 45.8 Å². The minimum Gasteiger partial charge on any atom is -0.490 e. The molecule has 1 aliphatic rings. The van der Waals surface area contributed by atoms with Crippen LogP contribution in [0, 0.1) is 0 Å². The zero-order chi connectivity index (χ0) is 26.3. The predicted octanol–water partition coefficient (Wildman–Crippen LogP) is 5.53. The van der Waals surface area contributed by atoms with E-state index in [1.807, 2.05) is 0 Å². The molecule has 6 nitrogen and oxygen atoms in total. The quantitative estimate of drug-likeness (QED) is 0.268. The van der Waals surface area contributed by atoms with Crippen LogP contribution >= 0.6 is 23.2 Å². The van der Waals surface area contributed by atoms with E-state index in [4.69, 9.17) is 27.9 Å².